The van der Waals surface area contributed by atoms with Gasteiger partial charge in [-0.05, 0) is 40.0 Å². The lowest BCUT2D eigenvalue weighted by atomic mass is 10.0. The molecule has 0 saturated heterocycles. The lowest BCUT2D eigenvalue weighted by molar-refractivity contribution is 0.259. The maximum absolute atomic E-state index is 3.73. The van der Waals surface area contributed by atoms with Gasteiger partial charge in [0.1, 0.15) is 0 Å². The Balaban J connectivity index is 4.19. The van der Waals surface area contributed by atoms with Crippen LogP contribution in [0.3, 0.4) is 0 Å². The predicted molar refractivity (Wildman–Crippen MR) is 73.7 cm³/mol. The fourth-order valence-electron chi connectivity index (χ4n) is 1.64. The van der Waals surface area contributed by atoms with E-state index in [1.165, 1.54) is 25.7 Å². The standard InChI is InChI=1S/C14H32N2/c1-7-10-11-13(15-12(4)8-2)16-14(5,6)9-3/h12-13,15-16H,7-11H2,1-6H3. The topological polar surface area (TPSA) is 24.1 Å². The summed E-state index contributed by atoms with van der Waals surface area (Å²) in [4.78, 5) is 0. The second-order valence-corrected chi connectivity index (χ2v) is 5.55. The zero-order valence-corrected chi connectivity index (χ0v) is 12.2. The largest absolute Gasteiger partial charge is 0.299 e. The summed E-state index contributed by atoms with van der Waals surface area (Å²) in [5.74, 6) is 0. The van der Waals surface area contributed by atoms with Crippen LogP contribution in [0.1, 0.15) is 73.6 Å². The van der Waals surface area contributed by atoms with Gasteiger partial charge in [-0.15, -0.1) is 0 Å². The highest BCUT2D eigenvalue weighted by Crippen LogP contribution is 2.11. The quantitative estimate of drug-likeness (QED) is 0.588. The van der Waals surface area contributed by atoms with Crippen LogP contribution in [0.2, 0.25) is 0 Å². The molecule has 0 aliphatic rings. The minimum Gasteiger partial charge on any atom is -0.299 e. The van der Waals surface area contributed by atoms with Gasteiger partial charge < -0.3 is 0 Å². The molecular weight excluding hydrogens is 196 g/mol. The van der Waals surface area contributed by atoms with Crippen molar-refractivity contribution in [2.75, 3.05) is 0 Å². The summed E-state index contributed by atoms with van der Waals surface area (Å²) in [6.45, 7) is 13.6. The fourth-order valence-corrected chi connectivity index (χ4v) is 1.64. The van der Waals surface area contributed by atoms with Crippen molar-refractivity contribution in [3.05, 3.63) is 0 Å². The molecule has 2 atom stereocenters. The van der Waals surface area contributed by atoms with E-state index in [-0.39, 0.29) is 5.54 Å². The molecule has 16 heavy (non-hydrogen) atoms. The molecule has 0 aromatic carbocycles. The summed E-state index contributed by atoms with van der Waals surface area (Å²) in [6, 6.07) is 0.599. The molecule has 0 heterocycles. The first-order valence-electron chi connectivity index (χ1n) is 6.98. The van der Waals surface area contributed by atoms with Crippen molar-refractivity contribution in [2.24, 2.45) is 0 Å². The van der Waals surface area contributed by atoms with E-state index in [4.69, 9.17) is 0 Å². The lowest BCUT2D eigenvalue weighted by Gasteiger charge is -2.33. The molecule has 0 rings (SSSR count). The van der Waals surface area contributed by atoms with E-state index >= 15 is 0 Å². The molecular formula is C14H32N2. The summed E-state index contributed by atoms with van der Waals surface area (Å²) in [7, 11) is 0. The Labute approximate surface area is 103 Å². The molecule has 98 valence electrons. The third-order valence-electron chi connectivity index (χ3n) is 3.39. The molecule has 0 aromatic heterocycles. The van der Waals surface area contributed by atoms with Crippen molar-refractivity contribution in [2.45, 2.75) is 91.4 Å². The number of rotatable bonds is 9. The van der Waals surface area contributed by atoms with E-state index in [0.717, 1.165) is 6.42 Å². The van der Waals surface area contributed by atoms with Crippen LogP contribution in [0.4, 0.5) is 0 Å². The van der Waals surface area contributed by atoms with E-state index in [9.17, 15) is 0 Å². The van der Waals surface area contributed by atoms with Gasteiger partial charge in [0, 0.05) is 11.6 Å². The first-order chi connectivity index (χ1) is 7.45. The van der Waals surface area contributed by atoms with Crippen molar-refractivity contribution in [1.82, 2.24) is 10.6 Å². The second kappa shape index (κ2) is 8.08. The van der Waals surface area contributed by atoms with Crippen molar-refractivity contribution in [3.8, 4) is 0 Å². The zero-order valence-electron chi connectivity index (χ0n) is 12.2. The molecule has 2 heteroatoms. The van der Waals surface area contributed by atoms with Crippen LogP contribution < -0.4 is 10.6 Å². The Bertz CT molecular complexity index is 166. The van der Waals surface area contributed by atoms with Crippen LogP contribution in [-0.2, 0) is 0 Å². The molecule has 0 fully saturated rings. The maximum Gasteiger partial charge on any atom is 0.0577 e. The third kappa shape index (κ3) is 7.24. The van der Waals surface area contributed by atoms with Crippen molar-refractivity contribution in [1.29, 1.82) is 0 Å². The Morgan fingerprint density at radius 3 is 2.19 bits per heavy atom. The van der Waals surface area contributed by atoms with Crippen LogP contribution in [0.25, 0.3) is 0 Å². The molecule has 2 nitrogen and oxygen atoms in total. The van der Waals surface area contributed by atoms with Gasteiger partial charge in [-0.3, -0.25) is 10.6 Å². The Hall–Kier alpha value is -0.0800. The van der Waals surface area contributed by atoms with Crippen molar-refractivity contribution >= 4 is 0 Å². The van der Waals surface area contributed by atoms with Gasteiger partial charge in [0.15, 0.2) is 0 Å². The minimum absolute atomic E-state index is 0.235. The van der Waals surface area contributed by atoms with Crippen LogP contribution in [0.5, 0.6) is 0 Å². The predicted octanol–water partition coefficient (Wildman–Crippen LogP) is 3.67. The lowest BCUT2D eigenvalue weighted by Crippen LogP contribution is -2.54. The highest BCUT2D eigenvalue weighted by molar-refractivity contribution is 4.81. The first kappa shape index (κ1) is 15.9. The highest BCUT2D eigenvalue weighted by Gasteiger charge is 2.20. The van der Waals surface area contributed by atoms with Gasteiger partial charge in [-0.2, -0.15) is 0 Å². The summed E-state index contributed by atoms with van der Waals surface area (Å²) in [6.07, 6.45) is 6.61. The Morgan fingerprint density at radius 1 is 1.12 bits per heavy atom. The summed E-state index contributed by atoms with van der Waals surface area (Å²) in [5.41, 5.74) is 0.235. The maximum atomic E-state index is 3.73. The van der Waals surface area contributed by atoms with Gasteiger partial charge in [-0.1, -0.05) is 33.6 Å². The number of hydrogen-bond donors (Lipinski definition) is 2. The average Bonchev–Trinajstić information content (AvgIpc) is 2.25. The molecule has 0 spiro atoms. The Morgan fingerprint density at radius 2 is 1.75 bits per heavy atom. The van der Waals surface area contributed by atoms with E-state index < -0.39 is 0 Å². The van der Waals surface area contributed by atoms with Crippen molar-refractivity contribution < 1.29 is 0 Å². The summed E-state index contributed by atoms with van der Waals surface area (Å²) >= 11 is 0. The molecule has 2 unspecified atom stereocenters. The summed E-state index contributed by atoms with van der Waals surface area (Å²) in [5, 5.41) is 7.41. The molecule has 0 aromatic rings. The van der Waals surface area contributed by atoms with Gasteiger partial charge in [0.05, 0.1) is 6.17 Å². The number of nitrogens with one attached hydrogen (secondary N) is 2. The second-order valence-electron chi connectivity index (χ2n) is 5.55. The molecule has 0 bridgehead atoms. The van der Waals surface area contributed by atoms with Gasteiger partial charge in [0.25, 0.3) is 0 Å². The van der Waals surface area contributed by atoms with Crippen molar-refractivity contribution in [3.63, 3.8) is 0 Å². The first-order valence-corrected chi connectivity index (χ1v) is 6.98. The molecule has 0 aliphatic heterocycles. The van der Waals surface area contributed by atoms with E-state index in [2.05, 4.69) is 52.2 Å². The molecule has 0 amide bonds. The third-order valence-corrected chi connectivity index (χ3v) is 3.39. The Kier molecular flexibility index (Phi) is 8.04. The molecule has 0 saturated carbocycles. The monoisotopic (exact) mass is 228 g/mol. The molecule has 2 N–H and O–H groups in total. The van der Waals surface area contributed by atoms with Crippen LogP contribution >= 0.6 is 0 Å². The van der Waals surface area contributed by atoms with E-state index in [1.54, 1.807) is 0 Å². The zero-order chi connectivity index (χ0) is 12.6. The highest BCUT2D eigenvalue weighted by atomic mass is 15.2. The van der Waals surface area contributed by atoms with E-state index in [0.29, 0.717) is 12.2 Å². The van der Waals surface area contributed by atoms with Crippen LogP contribution in [-0.4, -0.2) is 17.7 Å². The van der Waals surface area contributed by atoms with E-state index in [1.807, 2.05) is 0 Å². The summed E-state index contributed by atoms with van der Waals surface area (Å²) < 4.78 is 0. The van der Waals surface area contributed by atoms with Gasteiger partial charge >= 0.3 is 0 Å². The normalized spacial score (nSPS) is 16.1. The number of unbranched alkanes of at least 4 members (excludes halogenated alkanes) is 1. The van der Waals surface area contributed by atoms with Crippen LogP contribution in [0, 0.1) is 0 Å². The van der Waals surface area contributed by atoms with Gasteiger partial charge in [-0.25, -0.2) is 0 Å². The SMILES string of the molecule is CCCCC(NC(C)CC)NC(C)(C)CC. The fraction of sp³-hybridized carbons (Fsp3) is 1.00. The average molecular weight is 228 g/mol. The van der Waals surface area contributed by atoms with Gasteiger partial charge in [0.2, 0.25) is 0 Å². The number of hydrogen-bond acceptors (Lipinski definition) is 2. The van der Waals surface area contributed by atoms with Crippen LogP contribution in [0.15, 0.2) is 0 Å². The molecule has 0 aliphatic carbocycles. The minimum atomic E-state index is 0.235. The molecule has 0 radical (unpaired) electrons. The smallest absolute Gasteiger partial charge is 0.0577 e.